The summed E-state index contributed by atoms with van der Waals surface area (Å²) in [5.74, 6) is 0. The molecular weight excluding hydrogens is 226 g/mol. The van der Waals surface area contributed by atoms with Crippen molar-refractivity contribution in [3.8, 4) is 0 Å². The lowest BCUT2D eigenvalue weighted by Crippen LogP contribution is -1.83. The van der Waals surface area contributed by atoms with Gasteiger partial charge in [0.25, 0.3) is 0 Å². The fraction of sp³-hybridized carbons (Fsp3) is 0.182. The third kappa shape index (κ3) is 1.59. The number of hydrogen-bond acceptors (Lipinski definition) is 1. The van der Waals surface area contributed by atoms with E-state index in [0.29, 0.717) is 0 Å². The van der Waals surface area contributed by atoms with Crippen LogP contribution < -0.4 is 0 Å². The number of nitrogens with zero attached hydrogens (tertiary/aromatic N) is 1. The van der Waals surface area contributed by atoms with Crippen molar-refractivity contribution in [1.82, 2.24) is 4.98 Å². The molecule has 1 aromatic heterocycles. The van der Waals surface area contributed by atoms with Crippen molar-refractivity contribution in [1.29, 1.82) is 0 Å². The Balaban J connectivity index is 2.74. The van der Waals surface area contributed by atoms with E-state index in [0.717, 1.165) is 16.4 Å². The lowest BCUT2D eigenvalue weighted by Gasteiger charge is -2.01. The fourth-order valence-electron chi connectivity index (χ4n) is 1.38. The molecule has 1 nitrogen and oxygen atoms in total. The van der Waals surface area contributed by atoms with Gasteiger partial charge in [0.05, 0.1) is 5.52 Å². The Morgan fingerprint density at radius 2 is 2.15 bits per heavy atom. The number of pyridine rings is 1. The summed E-state index contributed by atoms with van der Waals surface area (Å²) < 4.78 is 1.12. The zero-order valence-electron chi connectivity index (χ0n) is 7.42. The van der Waals surface area contributed by atoms with Gasteiger partial charge in [-0.2, -0.15) is 0 Å². The van der Waals surface area contributed by atoms with Crippen LogP contribution in [0.15, 0.2) is 34.9 Å². The van der Waals surface area contributed by atoms with Crippen LogP contribution in [-0.4, -0.2) is 4.98 Å². The van der Waals surface area contributed by atoms with Gasteiger partial charge >= 0.3 is 0 Å². The summed E-state index contributed by atoms with van der Waals surface area (Å²) in [7, 11) is 0. The van der Waals surface area contributed by atoms with Gasteiger partial charge < -0.3 is 0 Å². The van der Waals surface area contributed by atoms with Crippen molar-refractivity contribution in [2.75, 3.05) is 0 Å². The van der Waals surface area contributed by atoms with Gasteiger partial charge in [-0.3, -0.25) is 4.98 Å². The zero-order valence-corrected chi connectivity index (χ0v) is 9.01. The first-order valence-electron chi connectivity index (χ1n) is 4.34. The van der Waals surface area contributed by atoms with Crippen LogP contribution in [0.5, 0.6) is 0 Å². The predicted molar refractivity (Wildman–Crippen MR) is 58.8 cm³/mol. The summed E-state index contributed by atoms with van der Waals surface area (Å²) in [6.45, 7) is 2.16. The second kappa shape index (κ2) is 3.46. The largest absolute Gasteiger partial charge is 0.256 e. The van der Waals surface area contributed by atoms with Crippen LogP contribution in [0.25, 0.3) is 10.9 Å². The highest BCUT2D eigenvalue weighted by atomic mass is 79.9. The summed E-state index contributed by atoms with van der Waals surface area (Å²) in [6.07, 6.45) is 2.88. The molecule has 66 valence electrons. The van der Waals surface area contributed by atoms with Crippen molar-refractivity contribution < 1.29 is 0 Å². The van der Waals surface area contributed by atoms with Crippen molar-refractivity contribution in [2.45, 2.75) is 13.3 Å². The van der Waals surface area contributed by atoms with Crippen molar-refractivity contribution in [2.24, 2.45) is 0 Å². The van der Waals surface area contributed by atoms with Crippen LogP contribution in [0.3, 0.4) is 0 Å². The molecule has 0 aliphatic rings. The molecule has 0 aliphatic carbocycles. The molecule has 0 amide bonds. The van der Waals surface area contributed by atoms with Gasteiger partial charge in [-0.25, -0.2) is 0 Å². The zero-order chi connectivity index (χ0) is 9.26. The number of halogens is 1. The van der Waals surface area contributed by atoms with Crippen LogP contribution in [0.2, 0.25) is 0 Å². The Morgan fingerprint density at radius 1 is 1.31 bits per heavy atom. The quantitative estimate of drug-likeness (QED) is 0.737. The second-order valence-electron chi connectivity index (χ2n) is 3.00. The Hall–Kier alpha value is -0.890. The van der Waals surface area contributed by atoms with E-state index in [4.69, 9.17) is 0 Å². The molecule has 2 aromatic rings. The lowest BCUT2D eigenvalue weighted by molar-refractivity contribution is 1.14. The first kappa shape index (κ1) is 8.70. The number of benzene rings is 1. The van der Waals surface area contributed by atoms with Gasteiger partial charge in [0, 0.05) is 16.1 Å². The Bertz CT molecular complexity index is 437. The SMILES string of the molecule is CCc1ccc2nccc(Br)c2c1. The highest BCUT2D eigenvalue weighted by Crippen LogP contribution is 2.22. The van der Waals surface area contributed by atoms with E-state index in [1.165, 1.54) is 10.9 Å². The normalized spacial score (nSPS) is 10.6. The van der Waals surface area contributed by atoms with Crippen LogP contribution in [0.4, 0.5) is 0 Å². The second-order valence-corrected chi connectivity index (χ2v) is 3.85. The van der Waals surface area contributed by atoms with Gasteiger partial charge in [0.15, 0.2) is 0 Å². The predicted octanol–water partition coefficient (Wildman–Crippen LogP) is 3.56. The van der Waals surface area contributed by atoms with E-state index in [9.17, 15) is 0 Å². The van der Waals surface area contributed by atoms with E-state index >= 15 is 0 Å². The summed E-state index contributed by atoms with van der Waals surface area (Å²) in [5.41, 5.74) is 2.40. The third-order valence-corrected chi connectivity index (χ3v) is 2.85. The van der Waals surface area contributed by atoms with Crippen LogP contribution in [-0.2, 0) is 6.42 Å². The molecule has 1 aromatic carbocycles. The molecule has 0 aliphatic heterocycles. The molecule has 0 unspecified atom stereocenters. The van der Waals surface area contributed by atoms with E-state index in [1.807, 2.05) is 12.3 Å². The first-order chi connectivity index (χ1) is 6.31. The Morgan fingerprint density at radius 3 is 2.92 bits per heavy atom. The van der Waals surface area contributed by atoms with Gasteiger partial charge in [-0.15, -0.1) is 0 Å². The molecule has 0 bridgehead atoms. The molecule has 0 fully saturated rings. The van der Waals surface area contributed by atoms with E-state index in [1.54, 1.807) is 0 Å². The molecular formula is C11H10BrN. The molecule has 1 heterocycles. The van der Waals surface area contributed by atoms with Crippen LogP contribution >= 0.6 is 15.9 Å². The van der Waals surface area contributed by atoms with Crippen molar-refractivity contribution >= 4 is 26.8 Å². The number of rotatable bonds is 1. The molecule has 0 atom stereocenters. The number of aryl methyl sites for hydroxylation is 1. The Labute approximate surface area is 85.9 Å². The fourth-order valence-corrected chi connectivity index (χ4v) is 1.82. The smallest absolute Gasteiger partial charge is 0.0713 e. The van der Waals surface area contributed by atoms with Crippen molar-refractivity contribution in [3.63, 3.8) is 0 Å². The van der Waals surface area contributed by atoms with Crippen LogP contribution in [0, 0.1) is 0 Å². The van der Waals surface area contributed by atoms with Gasteiger partial charge in [-0.1, -0.05) is 28.9 Å². The van der Waals surface area contributed by atoms with Crippen molar-refractivity contribution in [3.05, 3.63) is 40.5 Å². The molecule has 0 saturated carbocycles. The summed E-state index contributed by atoms with van der Waals surface area (Å²) >= 11 is 3.52. The molecule has 0 N–H and O–H groups in total. The average molecular weight is 236 g/mol. The highest BCUT2D eigenvalue weighted by molar-refractivity contribution is 9.10. The van der Waals surface area contributed by atoms with Gasteiger partial charge in [-0.05, 0) is 30.2 Å². The topological polar surface area (TPSA) is 12.9 Å². The van der Waals surface area contributed by atoms with Crippen LogP contribution in [0.1, 0.15) is 12.5 Å². The summed E-state index contributed by atoms with van der Waals surface area (Å²) in [6, 6.07) is 8.36. The van der Waals surface area contributed by atoms with Gasteiger partial charge in [0.1, 0.15) is 0 Å². The number of fused-ring (bicyclic) bond motifs is 1. The van der Waals surface area contributed by atoms with E-state index in [-0.39, 0.29) is 0 Å². The average Bonchev–Trinajstić information content (AvgIpc) is 2.18. The highest BCUT2D eigenvalue weighted by Gasteiger charge is 1.99. The van der Waals surface area contributed by atoms with E-state index in [2.05, 4.69) is 46.0 Å². The van der Waals surface area contributed by atoms with Gasteiger partial charge in [0.2, 0.25) is 0 Å². The number of hydrogen-bond donors (Lipinski definition) is 0. The molecule has 2 rings (SSSR count). The molecule has 2 heteroatoms. The lowest BCUT2D eigenvalue weighted by atomic mass is 10.1. The minimum absolute atomic E-state index is 1.05. The molecule has 0 saturated heterocycles. The molecule has 13 heavy (non-hydrogen) atoms. The monoisotopic (exact) mass is 235 g/mol. The molecule has 0 spiro atoms. The Kier molecular flexibility index (Phi) is 2.32. The first-order valence-corrected chi connectivity index (χ1v) is 5.13. The summed E-state index contributed by atoms with van der Waals surface area (Å²) in [5, 5.41) is 1.20. The van der Waals surface area contributed by atoms with E-state index < -0.39 is 0 Å². The number of aromatic nitrogens is 1. The maximum Gasteiger partial charge on any atom is 0.0713 e. The maximum atomic E-state index is 4.29. The third-order valence-electron chi connectivity index (χ3n) is 2.16. The minimum Gasteiger partial charge on any atom is -0.256 e. The summed E-state index contributed by atoms with van der Waals surface area (Å²) in [4.78, 5) is 4.29. The molecule has 0 radical (unpaired) electrons. The minimum atomic E-state index is 1.05. The maximum absolute atomic E-state index is 4.29. The standard InChI is InChI=1S/C11H10BrN/c1-2-8-3-4-11-9(7-8)10(12)5-6-13-11/h3-7H,2H2,1H3.